The van der Waals surface area contributed by atoms with E-state index < -0.39 is 24.1 Å². The molecule has 0 aliphatic heterocycles. The molecule has 0 aromatic rings. The molecule has 15 heavy (non-hydrogen) atoms. The van der Waals surface area contributed by atoms with Crippen molar-refractivity contribution in [3.05, 3.63) is 12.2 Å². The Kier molecular flexibility index (Phi) is 6.01. The molecule has 0 aromatic heterocycles. The van der Waals surface area contributed by atoms with E-state index in [0.717, 1.165) is 0 Å². The Morgan fingerprint density at radius 3 is 2.13 bits per heavy atom. The van der Waals surface area contributed by atoms with Crippen LogP contribution >= 0.6 is 11.6 Å². The second-order valence-corrected chi connectivity index (χ2v) is 3.49. The van der Waals surface area contributed by atoms with Crippen molar-refractivity contribution in [1.29, 1.82) is 0 Å². The van der Waals surface area contributed by atoms with Crippen molar-refractivity contribution < 1.29 is 19.1 Å². The first-order valence-corrected chi connectivity index (χ1v) is 5.03. The maximum Gasteiger partial charge on any atom is 0.333 e. The smallest absolute Gasteiger partial charge is 0.333 e. The molecule has 0 aromatic carbocycles. The summed E-state index contributed by atoms with van der Waals surface area (Å²) in [6.45, 7) is 8.25. The lowest BCUT2D eigenvalue weighted by Gasteiger charge is -2.20. The zero-order chi connectivity index (χ0) is 12.0. The van der Waals surface area contributed by atoms with E-state index in [1.807, 2.05) is 0 Å². The van der Waals surface area contributed by atoms with Crippen LogP contribution in [0.5, 0.6) is 0 Å². The first kappa shape index (κ1) is 14.0. The third-order valence-corrected chi connectivity index (χ3v) is 1.95. The molecule has 4 nitrogen and oxygen atoms in total. The highest BCUT2D eigenvalue weighted by molar-refractivity contribution is 6.26. The van der Waals surface area contributed by atoms with E-state index in [2.05, 4.69) is 6.58 Å². The molecule has 0 rings (SSSR count). The molecule has 0 saturated carbocycles. The average molecular weight is 235 g/mol. The molecule has 2 unspecified atom stereocenters. The molecule has 0 aliphatic rings. The van der Waals surface area contributed by atoms with Gasteiger partial charge < -0.3 is 9.47 Å². The molecule has 0 N–H and O–H groups in total. The molecule has 2 atom stereocenters. The van der Waals surface area contributed by atoms with Gasteiger partial charge in [0.15, 0.2) is 0 Å². The van der Waals surface area contributed by atoms with Gasteiger partial charge in [0.1, 0.15) is 18.1 Å². The van der Waals surface area contributed by atoms with Crippen LogP contribution in [-0.4, -0.2) is 30.0 Å². The summed E-state index contributed by atoms with van der Waals surface area (Å²) in [6.07, 6.45) is -1.05. The molecular weight excluding hydrogens is 220 g/mol. The van der Waals surface area contributed by atoms with Crippen molar-refractivity contribution in [2.24, 2.45) is 0 Å². The highest BCUT2D eigenvalue weighted by atomic mass is 35.5. The number of esters is 2. The van der Waals surface area contributed by atoms with Crippen molar-refractivity contribution >= 4 is 23.5 Å². The van der Waals surface area contributed by atoms with Gasteiger partial charge in [0.2, 0.25) is 0 Å². The minimum absolute atomic E-state index is 0.217. The Morgan fingerprint density at radius 1 is 1.27 bits per heavy atom. The van der Waals surface area contributed by atoms with E-state index in [1.54, 1.807) is 20.8 Å². The van der Waals surface area contributed by atoms with E-state index in [1.165, 1.54) is 0 Å². The number of halogens is 1. The molecule has 0 heterocycles. The van der Waals surface area contributed by atoms with Gasteiger partial charge in [0.25, 0.3) is 0 Å². The van der Waals surface area contributed by atoms with Crippen molar-refractivity contribution in [3.8, 4) is 0 Å². The van der Waals surface area contributed by atoms with Gasteiger partial charge in [-0.05, 0) is 20.8 Å². The molecule has 0 amide bonds. The van der Waals surface area contributed by atoms with Gasteiger partial charge >= 0.3 is 11.9 Å². The van der Waals surface area contributed by atoms with Crippen LogP contribution in [0.1, 0.15) is 20.8 Å². The minimum atomic E-state index is -0.539. The lowest BCUT2D eigenvalue weighted by atomic mass is 10.2. The van der Waals surface area contributed by atoms with E-state index in [-0.39, 0.29) is 5.88 Å². The fourth-order valence-corrected chi connectivity index (χ4v) is 0.763. The maximum absolute atomic E-state index is 11.1. The van der Waals surface area contributed by atoms with E-state index in [4.69, 9.17) is 21.1 Å². The summed E-state index contributed by atoms with van der Waals surface area (Å²) in [6, 6.07) is 0. The van der Waals surface area contributed by atoms with E-state index >= 15 is 0 Å². The van der Waals surface area contributed by atoms with Gasteiger partial charge in [0, 0.05) is 5.57 Å². The van der Waals surface area contributed by atoms with Crippen molar-refractivity contribution in [2.75, 3.05) is 5.88 Å². The average Bonchev–Trinajstić information content (AvgIpc) is 2.16. The number of alkyl halides is 1. The number of carbonyl (C=O) groups excluding carboxylic acids is 2. The van der Waals surface area contributed by atoms with Crippen LogP contribution in [-0.2, 0) is 19.1 Å². The molecule has 0 saturated heterocycles. The van der Waals surface area contributed by atoms with Crippen LogP contribution in [0.15, 0.2) is 12.2 Å². The first-order chi connectivity index (χ1) is 6.88. The van der Waals surface area contributed by atoms with Crippen LogP contribution < -0.4 is 0 Å². The summed E-state index contributed by atoms with van der Waals surface area (Å²) in [5.41, 5.74) is 0.303. The molecule has 86 valence electrons. The Bertz CT molecular complexity index is 262. The van der Waals surface area contributed by atoms with Gasteiger partial charge in [-0.1, -0.05) is 6.58 Å². The van der Waals surface area contributed by atoms with Crippen molar-refractivity contribution in [2.45, 2.75) is 33.0 Å². The van der Waals surface area contributed by atoms with Crippen LogP contribution in [0.3, 0.4) is 0 Å². The SMILES string of the molecule is C=C(C)C(=O)OC(C)C(C)OC(=O)CCl. The summed E-state index contributed by atoms with van der Waals surface area (Å²) in [7, 11) is 0. The summed E-state index contributed by atoms with van der Waals surface area (Å²) in [5.74, 6) is -1.26. The summed E-state index contributed by atoms with van der Waals surface area (Å²) in [5, 5.41) is 0. The van der Waals surface area contributed by atoms with Gasteiger partial charge in [-0.25, -0.2) is 4.79 Å². The predicted octanol–water partition coefficient (Wildman–Crippen LogP) is 1.66. The first-order valence-electron chi connectivity index (χ1n) is 4.50. The second-order valence-electron chi connectivity index (χ2n) is 3.22. The van der Waals surface area contributed by atoms with E-state index in [0.29, 0.717) is 5.57 Å². The Hall–Kier alpha value is -1.03. The molecule has 0 bridgehead atoms. The maximum atomic E-state index is 11.1. The highest BCUT2D eigenvalue weighted by Crippen LogP contribution is 2.06. The normalized spacial score (nSPS) is 13.9. The molecule has 5 heteroatoms. The van der Waals surface area contributed by atoms with Crippen LogP contribution in [0.2, 0.25) is 0 Å². The zero-order valence-corrected chi connectivity index (χ0v) is 9.84. The third kappa shape index (κ3) is 5.42. The van der Waals surface area contributed by atoms with Gasteiger partial charge in [-0.3, -0.25) is 4.79 Å². The molecule has 0 spiro atoms. The minimum Gasteiger partial charge on any atom is -0.458 e. The number of ether oxygens (including phenoxy) is 2. The lowest BCUT2D eigenvalue weighted by Crippen LogP contribution is -2.31. The van der Waals surface area contributed by atoms with Crippen molar-refractivity contribution in [1.82, 2.24) is 0 Å². The van der Waals surface area contributed by atoms with Gasteiger partial charge in [-0.15, -0.1) is 11.6 Å². The van der Waals surface area contributed by atoms with Crippen LogP contribution in [0, 0.1) is 0 Å². The predicted molar refractivity (Wildman–Crippen MR) is 56.6 cm³/mol. The van der Waals surface area contributed by atoms with Crippen molar-refractivity contribution in [3.63, 3.8) is 0 Å². The fourth-order valence-electron chi connectivity index (χ4n) is 0.700. The standard InChI is InChI=1S/C10H15ClO4/c1-6(2)10(13)15-8(4)7(3)14-9(12)5-11/h7-8H,1,5H2,2-4H3. The fraction of sp³-hybridized carbons (Fsp3) is 0.600. The van der Waals surface area contributed by atoms with Gasteiger partial charge in [0.05, 0.1) is 0 Å². The second kappa shape index (κ2) is 6.45. The molecule has 0 radical (unpaired) electrons. The number of rotatable bonds is 5. The number of hydrogen-bond donors (Lipinski definition) is 0. The molecule has 0 fully saturated rings. The lowest BCUT2D eigenvalue weighted by molar-refractivity contribution is -0.161. The Morgan fingerprint density at radius 2 is 1.73 bits per heavy atom. The summed E-state index contributed by atoms with van der Waals surface area (Å²) in [4.78, 5) is 22.0. The number of carbonyl (C=O) groups is 2. The van der Waals surface area contributed by atoms with Gasteiger partial charge in [-0.2, -0.15) is 0 Å². The number of hydrogen-bond acceptors (Lipinski definition) is 4. The molecule has 0 aliphatic carbocycles. The van der Waals surface area contributed by atoms with E-state index in [9.17, 15) is 9.59 Å². The zero-order valence-electron chi connectivity index (χ0n) is 9.08. The highest BCUT2D eigenvalue weighted by Gasteiger charge is 2.20. The van der Waals surface area contributed by atoms with Crippen LogP contribution in [0.4, 0.5) is 0 Å². The Labute approximate surface area is 94.2 Å². The quantitative estimate of drug-likeness (QED) is 0.413. The Balaban J connectivity index is 4.09. The topological polar surface area (TPSA) is 52.6 Å². The monoisotopic (exact) mass is 234 g/mol. The third-order valence-electron chi connectivity index (χ3n) is 1.73. The molecular formula is C10H15ClO4. The largest absolute Gasteiger partial charge is 0.458 e. The van der Waals surface area contributed by atoms with Crippen LogP contribution in [0.25, 0.3) is 0 Å². The summed E-state index contributed by atoms with van der Waals surface area (Å²) >= 11 is 5.26. The summed E-state index contributed by atoms with van der Waals surface area (Å²) < 4.78 is 9.82.